The lowest BCUT2D eigenvalue weighted by molar-refractivity contribution is -0.138. The summed E-state index contributed by atoms with van der Waals surface area (Å²) in [7, 11) is 0. The fraction of sp³-hybridized carbons (Fsp3) is 0.923. The minimum Gasteiger partial charge on any atom is -0.353 e. The summed E-state index contributed by atoms with van der Waals surface area (Å²) in [6.07, 6.45) is -0.200. The van der Waals surface area contributed by atoms with Crippen molar-refractivity contribution in [2.75, 3.05) is 19.6 Å². The zero-order chi connectivity index (χ0) is 13.9. The quantitative estimate of drug-likeness (QED) is 0.856. The molecule has 2 rings (SSSR count). The molecule has 1 saturated heterocycles. The Balaban J connectivity index is 1.63. The molecule has 1 N–H and O–H groups in total. The summed E-state index contributed by atoms with van der Waals surface area (Å²) in [5, 5.41) is 3.03. The summed E-state index contributed by atoms with van der Waals surface area (Å²) < 4.78 is 36.3. The van der Waals surface area contributed by atoms with Crippen molar-refractivity contribution in [2.45, 2.75) is 50.7 Å². The Morgan fingerprint density at radius 1 is 1.16 bits per heavy atom. The van der Waals surface area contributed by atoms with Crippen LogP contribution >= 0.6 is 0 Å². The van der Waals surface area contributed by atoms with E-state index in [9.17, 15) is 18.0 Å². The molecule has 0 atom stereocenters. The fourth-order valence-electron chi connectivity index (χ4n) is 2.58. The van der Waals surface area contributed by atoms with Gasteiger partial charge in [-0.2, -0.15) is 13.2 Å². The summed E-state index contributed by atoms with van der Waals surface area (Å²) in [6, 6.07) is 0.148. The molecule has 0 spiro atoms. The van der Waals surface area contributed by atoms with Crippen LogP contribution in [-0.2, 0) is 4.79 Å². The van der Waals surface area contributed by atoms with Crippen molar-refractivity contribution in [1.29, 1.82) is 0 Å². The van der Waals surface area contributed by atoms with Gasteiger partial charge in [-0.25, -0.2) is 0 Å². The van der Waals surface area contributed by atoms with Crippen LogP contribution in [0.5, 0.6) is 0 Å². The number of carbonyl (C=O) groups excluding carboxylic acids is 1. The number of carbonyl (C=O) groups is 1. The lowest BCUT2D eigenvalue weighted by Gasteiger charge is -2.34. The first-order chi connectivity index (χ1) is 8.94. The van der Waals surface area contributed by atoms with Crippen LogP contribution in [0.3, 0.4) is 0 Å². The molecular weight excluding hydrogens is 257 g/mol. The molecule has 0 radical (unpaired) electrons. The number of amides is 1. The van der Waals surface area contributed by atoms with Gasteiger partial charge in [0.2, 0.25) is 5.91 Å². The van der Waals surface area contributed by atoms with E-state index in [0.717, 1.165) is 32.1 Å². The Morgan fingerprint density at radius 2 is 1.79 bits per heavy atom. The number of halogens is 3. The van der Waals surface area contributed by atoms with E-state index in [-0.39, 0.29) is 24.4 Å². The molecule has 0 aromatic heterocycles. The summed E-state index contributed by atoms with van der Waals surface area (Å²) >= 11 is 0. The average Bonchev–Trinajstić information content (AvgIpc) is 2.24. The third-order valence-electron chi connectivity index (χ3n) is 4.12. The standard InChI is InChI=1S/C13H21F3N2O/c14-13(15,16)6-9-18-7-4-11(5-8-18)17-12(19)10-2-1-3-10/h10-11H,1-9H2,(H,17,19). The lowest BCUT2D eigenvalue weighted by atomic mass is 9.84. The molecule has 2 fully saturated rings. The van der Waals surface area contributed by atoms with E-state index in [1.165, 1.54) is 0 Å². The zero-order valence-electron chi connectivity index (χ0n) is 11.0. The zero-order valence-corrected chi connectivity index (χ0v) is 11.0. The van der Waals surface area contributed by atoms with Crippen LogP contribution in [0, 0.1) is 5.92 Å². The molecule has 19 heavy (non-hydrogen) atoms. The van der Waals surface area contributed by atoms with Crippen LogP contribution < -0.4 is 5.32 Å². The number of rotatable bonds is 4. The van der Waals surface area contributed by atoms with E-state index >= 15 is 0 Å². The van der Waals surface area contributed by atoms with Gasteiger partial charge in [0.05, 0.1) is 6.42 Å². The molecule has 6 heteroatoms. The van der Waals surface area contributed by atoms with E-state index in [1.54, 1.807) is 0 Å². The van der Waals surface area contributed by atoms with E-state index in [2.05, 4.69) is 5.32 Å². The van der Waals surface area contributed by atoms with E-state index < -0.39 is 12.6 Å². The van der Waals surface area contributed by atoms with Crippen molar-refractivity contribution in [3.05, 3.63) is 0 Å². The van der Waals surface area contributed by atoms with Crippen LogP contribution in [0.15, 0.2) is 0 Å². The maximum Gasteiger partial charge on any atom is 0.390 e. The Morgan fingerprint density at radius 3 is 2.26 bits per heavy atom. The van der Waals surface area contributed by atoms with Gasteiger partial charge < -0.3 is 10.2 Å². The second-order valence-electron chi connectivity index (χ2n) is 5.62. The predicted octanol–water partition coefficient (Wildman–Crippen LogP) is 2.32. The molecule has 0 bridgehead atoms. The number of hydrogen-bond acceptors (Lipinski definition) is 2. The van der Waals surface area contributed by atoms with Gasteiger partial charge in [-0.15, -0.1) is 0 Å². The average molecular weight is 278 g/mol. The van der Waals surface area contributed by atoms with Crippen molar-refractivity contribution in [3.63, 3.8) is 0 Å². The number of hydrogen-bond donors (Lipinski definition) is 1. The van der Waals surface area contributed by atoms with Gasteiger partial charge in [-0.1, -0.05) is 6.42 Å². The maximum atomic E-state index is 12.1. The van der Waals surface area contributed by atoms with Crippen molar-refractivity contribution in [1.82, 2.24) is 10.2 Å². The first kappa shape index (κ1) is 14.6. The Kier molecular flexibility index (Phi) is 4.71. The number of alkyl halides is 3. The number of nitrogens with one attached hydrogen (secondary N) is 1. The second-order valence-corrected chi connectivity index (χ2v) is 5.62. The van der Waals surface area contributed by atoms with Gasteiger partial charge in [-0.3, -0.25) is 4.79 Å². The second kappa shape index (κ2) is 6.11. The van der Waals surface area contributed by atoms with Crippen molar-refractivity contribution >= 4 is 5.91 Å². The van der Waals surface area contributed by atoms with Gasteiger partial charge >= 0.3 is 6.18 Å². The van der Waals surface area contributed by atoms with Crippen molar-refractivity contribution < 1.29 is 18.0 Å². The molecule has 1 aliphatic carbocycles. The Bertz CT molecular complexity index is 308. The van der Waals surface area contributed by atoms with E-state index in [1.807, 2.05) is 4.90 Å². The molecule has 3 nitrogen and oxygen atoms in total. The maximum absolute atomic E-state index is 12.1. The van der Waals surface area contributed by atoms with E-state index in [4.69, 9.17) is 0 Å². The molecule has 2 aliphatic rings. The van der Waals surface area contributed by atoms with E-state index in [0.29, 0.717) is 13.1 Å². The topological polar surface area (TPSA) is 32.3 Å². The fourth-order valence-corrected chi connectivity index (χ4v) is 2.58. The van der Waals surface area contributed by atoms with Crippen LogP contribution in [0.1, 0.15) is 38.5 Å². The van der Waals surface area contributed by atoms with Crippen LogP contribution in [0.25, 0.3) is 0 Å². The molecule has 1 aliphatic heterocycles. The highest BCUT2D eigenvalue weighted by Gasteiger charge is 2.30. The highest BCUT2D eigenvalue weighted by atomic mass is 19.4. The minimum atomic E-state index is -4.07. The monoisotopic (exact) mass is 278 g/mol. The molecule has 0 aromatic rings. The van der Waals surface area contributed by atoms with Gasteiger partial charge in [0.1, 0.15) is 0 Å². The third-order valence-corrected chi connectivity index (χ3v) is 4.12. The molecule has 0 aromatic carbocycles. The van der Waals surface area contributed by atoms with Crippen LogP contribution in [0.4, 0.5) is 13.2 Å². The smallest absolute Gasteiger partial charge is 0.353 e. The first-order valence-electron chi connectivity index (χ1n) is 7.03. The largest absolute Gasteiger partial charge is 0.390 e. The highest BCUT2D eigenvalue weighted by molar-refractivity contribution is 5.79. The Labute approximate surface area is 111 Å². The molecule has 1 saturated carbocycles. The predicted molar refractivity (Wildman–Crippen MR) is 65.6 cm³/mol. The number of nitrogens with zero attached hydrogens (tertiary/aromatic N) is 1. The summed E-state index contributed by atoms with van der Waals surface area (Å²) in [4.78, 5) is 13.6. The highest BCUT2D eigenvalue weighted by Crippen LogP contribution is 2.27. The molecule has 0 unspecified atom stereocenters. The lowest BCUT2D eigenvalue weighted by Crippen LogP contribution is -2.47. The van der Waals surface area contributed by atoms with Crippen LogP contribution in [0.2, 0.25) is 0 Å². The minimum absolute atomic E-state index is 0.0762. The summed E-state index contributed by atoms with van der Waals surface area (Å²) in [6.45, 7) is 1.37. The molecular formula is C13H21F3N2O. The molecule has 1 heterocycles. The van der Waals surface area contributed by atoms with Gasteiger partial charge in [0.15, 0.2) is 0 Å². The third kappa shape index (κ3) is 4.67. The molecule has 110 valence electrons. The van der Waals surface area contributed by atoms with Gasteiger partial charge in [-0.05, 0) is 25.7 Å². The SMILES string of the molecule is O=C(NC1CCN(CCC(F)(F)F)CC1)C1CCC1. The van der Waals surface area contributed by atoms with Gasteiger partial charge in [0.25, 0.3) is 0 Å². The summed E-state index contributed by atoms with van der Waals surface area (Å²) in [5.74, 6) is 0.322. The number of likely N-dealkylation sites (tertiary alicyclic amines) is 1. The Hall–Kier alpha value is -0.780. The first-order valence-corrected chi connectivity index (χ1v) is 7.03. The van der Waals surface area contributed by atoms with Crippen molar-refractivity contribution in [3.8, 4) is 0 Å². The normalized spacial score (nSPS) is 23.1. The number of piperidine rings is 1. The van der Waals surface area contributed by atoms with Crippen LogP contribution in [-0.4, -0.2) is 42.7 Å². The molecule has 1 amide bonds. The van der Waals surface area contributed by atoms with Crippen molar-refractivity contribution in [2.24, 2.45) is 5.92 Å². The summed E-state index contributed by atoms with van der Waals surface area (Å²) in [5.41, 5.74) is 0. The van der Waals surface area contributed by atoms with Gasteiger partial charge in [0, 0.05) is 31.6 Å².